The second kappa shape index (κ2) is 9.91. The lowest BCUT2D eigenvalue weighted by atomic mass is 10.1. The molecule has 0 aliphatic rings. The Hall–Kier alpha value is -3.64. The molecule has 4 rings (SSSR count). The first-order chi connectivity index (χ1) is 15.2. The van der Waals surface area contributed by atoms with E-state index in [2.05, 4.69) is 28.9 Å². The number of thiazole rings is 1. The predicted octanol–water partition coefficient (Wildman–Crippen LogP) is 5.18. The summed E-state index contributed by atoms with van der Waals surface area (Å²) in [7, 11) is 1.57. The first kappa shape index (κ1) is 20.6. The van der Waals surface area contributed by atoms with E-state index in [9.17, 15) is 4.79 Å². The summed E-state index contributed by atoms with van der Waals surface area (Å²) in [6.07, 6.45) is 0. The Kier molecular flexibility index (Phi) is 6.59. The van der Waals surface area contributed by atoms with Crippen LogP contribution in [0.4, 0.5) is 0 Å². The van der Waals surface area contributed by atoms with Gasteiger partial charge in [-0.3, -0.25) is 4.79 Å². The van der Waals surface area contributed by atoms with Crippen molar-refractivity contribution in [3.05, 3.63) is 89.8 Å². The molecule has 1 N–H and O–H groups in total. The smallest absolute Gasteiger partial charge is 0.258 e. The molecule has 156 valence electrons. The molecule has 1 amide bonds. The molecule has 1 heterocycles. The minimum Gasteiger partial charge on any atom is -0.493 e. The number of methoxy groups -OCH3 is 1. The zero-order valence-electron chi connectivity index (χ0n) is 17.1. The molecule has 31 heavy (non-hydrogen) atoms. The average molecular weight is 431 g/mol. The normalized spacial score (nSPS) is 10.5. The minimum absolute atomic E-state index is 0.0764. The lowest BCUT2D eigenvalue weighted by molar-refractivity contribution is -0.123. The topological polar surface area (TPSA) is 60.5 Å². The summed E-state index contributed by atoms with van der Waals surface area (Å²) in [5.74, 6) is 0.943. The van der Waals surface area contributed by atoms with E-state index in [4.69, 9.17) is 14.5 Å². The highest BCUT2D eigenvalue weighted by Gasteiger charge is 2.09. The third kappa shape index (κ3) is 5.29. The maximum atomic E-state index is 12.2. The van der Waals surface area contributed by atoms with Gasteiger partial charge in [-0.15, -0.1) is 11.3 Å². The summed E-state index contributed by atoms with van der Waals surface area (Å²) in [6, 6.07) is 25.4. The summed E-state index contributed by atoms with van der Waals surface area (Å²) >= 11 is 1.61. The number of nitrogens with zero attached hydrogens (tertiary/aromatic N) is 1. The Morgan fingerprint density at radius 3 is 2.48 bits per heavy atom. The van der Waals surface area contributed by atoms with Crippen LogP contribution in [0.5, 0.6) is 11.5 Å². The van der Waals surface area contributed by atoms with Crippen LogP contribution in [-0.4, -0.2) is 24.6 Å². The average Bonchev–Trinajstić information content (AvgIpc) is 3.33. The number of nitrogens with one attached hydrogen (secondary N) is 1. The van der Waals surface area contributed by atoms with Crippen molar-refractivity contribution < 1.29 is 14.3 Å². The summed E-state index contributed by atoms with van der Waals surface area (Å²) < 4.78 is 10.8. The van der Waals surface area contributed by atoms with Gasteiger partial charge >= 0.3 is 0 Å². The summed E-state index contributed by atoms with van der Waals surface area (Å²) in [6.45, 7) is 0.339. The van der Waals surface area contributed by atoms with Crippen molar-refractivity contribution in [2.24, 2.45) is 0 Å². The van der Waals surface area contributed by atoms with E-state index < -0.39 is 0 Å². The van der Waals surface area contributed by atoms with E-state index in [0.29, 0.717) is 18.0 Å². The van der Waals surface area contributed by atoms with Crippen LogP contribution in [0.2, 0.25) is 0 Å². The van der Waals surface area contributed by atoms with E-state index in [1.807, 2.05) is 48.5 Å². The van der Waals surface area contributed by atoms with Crippen molar-refractivity contribution in [2.75, 3.05) is 13.7 Å². The fourth-order valence-electron chi connectivity index (χ4n) is 3.10. The monoisotopic (exact) mass is 430 g/mol. The maximum Gasteiger partial charge on any atom is 0.258 e. The number of rotatable bonds is 8. The molecule has 0 aliphatic carbocycles. The number of carbonyl (C=O) groups excluding carboxylic acids is 1. The van der Waals surface area contributed by atoms with Gasteiger partial charge in [-0.2, -0.15) is 0 Å². The van der Waals surface area contributed by atoms with E-state index in [0.717, 1.165) is 27.4 Å². The van der Waals surface area contributed by atoms with Crippen LogP contribution in [0.3, 0.4) is 0 Å². The highest BCUT2D eigenvalue weighted by Crippen LogP contribution is 2.29. The molecule has 0 radical (unpaired) electrons. The van der Waals surface area contributed by atoms with Gasteiger partial charge in [-0.1, -0.05) is 60.7 Å². The molecule has 0 fully saturated rings. The van der Waals surface area contributed by atoms with Gasteiger partial charge < -0.3 is 14.8 Å². The van der Waals surface area contributed by atoms with Crippen LogP contribution >= 0.6 is 11.3 Å². The predicted molar refractivity (Wildman–Crippen MR) is 123 cm³/mol. The Labute approximate surface area is 185 Å². The Bertz CT molecular complexity index is 1160. The Morgan fingerprint density at radius 2 is 1.68 bits per heavy atom. The molecular formula is C25H22N2O3S. The Balaban J connectivity index is 1.36. The minimum atomic E-state index is -0.197. The van der Waals surface area contributed by atoms with E-state index in [-0.39, 0.29) is 12.5 Å². The van der Waals surface area contributed by atoms with Crippen molar-refractivity contribution in [3.63, 3.8) is 0 Å². The van der Waals surface area contributed by atoms with Crippen molar-refractivity contribution in [2.45, 2.75) is 6.54 Å². The van der Waals surface area contributed by atoms with E-state index >= 15 is 0 Å². The Morgan fingerprint density at radius 1 is 0.935 bits per heavy atom. The van der Waals surface area contributed by atoms with E-state index in [1.54, 1.807) is 30.6 Å². The van der Waals surface area contributed by atoms with Gasteiger partial charge in [0.2, 0.25) is 0 Å². The molecule has 1 aromatic heterocycles. The van der Waals surface area contributed by atoms with Crippen molar-refractivity contribution >= 4 is 17.2 Å². The molecule has 0 saturated carbocycles. The third-order valence-corrected chi connectivity index (χ3v) is 5.56. The molecule has 4 aromatic rings. The number of aromatic nitrogens is 1. The molecule has 0 aliphatic heterocycles. The summed E-state index contributed by atoms with van der Waals surface area (Å²) in [5, 5.41) is 5.91. The number of benzene rings is 3. The highest BCUT2D eigenvalue weighted by atomic mass is 32.1. The van der Waals surface area contributed by atoms with Gasteiger partial charge in [0, 0.05) is 23.1 Å². The van der Waals surface area contributed by atoms with Crippen molar-refractivity contribution in [1.29, 1.82) is 0 Å². The molecular weight excluding hydrogens is 408 g/mol. The zero-order valence-corrected chi connectivity index (χ0v) is 17.9. The maximum absolute atomic E-state index is 12.2. The van der Waals surface area contributed by atoms with Gasteiger partial charge in [-0.05, 0) is 23.8 Å². The van der Waals surface area contributed by atoms with Crippen LogP contribution < -0.4 is 14.8 Å². The zero-order chi connectivity index (χ0) is 21.5. The van der Waals surface area contributed by atoms with Crippen LogP contribution in [0.15, 0.2) is 84.2 Å². The van der Waals surface area contributed by atoms with Gasteiger partial charge in [0.05, 0.1) is 12.8 Å². The number of carbonyl (C=O) groups is 1. The molecule has 0 spiro atoms. The van der Waals surface area contributed by atoms with Gasteiger partial charge in [0.25, 0.3) is 5.91 Å². The van der Waals surface area contributed by atoms with Crippen LogP contribution in [0.1, 0.15) is 5.56 Å². The second-order valence-corrected chi connectivity index (χ2v) is 7.68. The quantitative estimate of drug-likeness (QED) is 0.418. The SMILES string of the molecule is COc1ccccc1OCC(=O)NCc1cccc(-c2nc(-c3ccccc3)cs2)c1. The number of para-hydroxylation sites is 2. The lowest BCUT2D eigenvalue weighted by Gasteiger charge is -2.10. The first-order valence-corrected chi connectivity index (χ1v) is 10.7. The number of hydrogen-bond acceptors (Lipinski definition) is 5. The van der Waals surface area contributed by atoms with Crippen molar-refractivity contribution in [3.8, 4) is 33.3 Å². The largest absolute Gasteiger partial charge is 0.493 e. The molecule has 5 nitrogen and oxygen atoms in total. The first-order valence-electron chi connectivity index (χ1n) is 9.86. The van der Waals surface area contributed by atoms with Gasteiger partial charge in [0.15, 0.2) is 18.1 Å². The second-order valence-electron chi connectivity index (χ2n) is 6.82. The summed E-state index contributed by atoms with van der Waals surface area (Å²) in [4.78, 5) is 17.0. The van der Waals surface area contributed by atoms with Crippen LogP contribution in [0, 0.1) is 0 Å². The molecule has 0 saturated heterocycles. The standard InChI is InChI=1S/C25H22N2O3S/c1-29-22-12-5-6-13-23(22)30-16-24(28)26-15-18-8-7-11-20(14-18)25-27-21(17-31-25)19-9-3-2-4-10-19/h2-14,17H,15-16H2,1H3,(H,26,28). The van der Waals surface area contributed by atoms with Gasteiger partial charge in [-0.25, -0.2) is 4.98 Å². The molecule has 6 heteroatoms. The van der Waals surface area contributed by atoms with Crippen LogP contribution in [-0.2, 0) is 11.3 Å². The van der Waals surface area contributed by atoms with Crippen LogP contribution in [0.25, 0.3) is 21.8 Å². The number of hydrogen-bond donors (Lipinski definition) is 1. The highest BCUT2D eigenvalue weighted by molar-refractivity contribution is 7.13. The van der Waals surface area contributed by atoms with E-state index in [1.165, 1.54) is 0 Å². The molecule has 0 unspecified atom stereocenters. The lowest BCUT2D eigenvalue weighted by Crippen LogP contribution is -2.28. The number of amides is 1. The fraction of sp³-hybridized carbons (Fsp3) is 0.120. The summed E-state index contributed by atoms with van der Waals surface area (Å²) in [5.41, 5.74) is 4.10. The van der Waals surface area contributed by atoms with Gasteiger partial charge in [0.1, 0.15) is 5.01 Å². The fourth-order valence-corrected chi connectivity index (χ4v) is 3.92. The molecule has 3 aromatic carbocycles. The molecule has 0 atom stereocenters. The number of ether oxygens (including phenoxy) is 2. The van der Waals surface area contributed by atoms with Crippen molar-refractivity contribution in [1.82, 2.24) is 10.3 Å². The third-order valence-electron chi connectivity index (χ3n) is 4.67. The molecule has 0 bridgehead atoms.